The van der Waals surface area contributed by atoms with Gasteiger partial charge in [0, 0.05) is 0 Å². The van der Waals surface area contributed by atoms with Gasteiger partial charge in [0.1, 0.15) is 17.5 Å². The zero-order valence-electron chi connectivity index (χ0n) is 6.28. The Labute approximate surface area is 76.5 Å². The molecule has 0 amide bonds. The van der Waals surface area contributed by atoms with Gasteiger partial charge >= 0.3 is 5.97 Å². The van der Waals surface area contributed by atoms with Gasteiger partial charge in [0.25, 0.3) is 0 Å². The lowest BCUT2D eigenvalue weighted by atomic mass is 10.6. The molecule has 2 aromatic rings. The summed E-state index contributed by atoms with van der Waals surface area (Å²) < 4.78 is 1.41. The van der Waals surface area contributed by atoms with Crippen molar-refractivity contribution >= 4 is 17.3 Å². The number of nitrogens with zero attached hydrogens (tertiary/aromatic N) is 4. The highest BCUT2D eigenvalue weighted by Crippen LogP contribution is 2.15. The molecule has 6 nitrogen and oxygen atoms in total. The highest BCUT2D eigenvalue weighted by Gasteiger charge is 2.09. The van der Waals surface area contributed by atoms with E-state index in [4.69, 9.17) is 5.11 Å². The van der Waals surface area contributed by atoms with E-state index in [-0.39, 0.29) is 4.88 Å². The van der Waals surface area contributed by atoms with Gasteiger partial charge < -0.3 is 5.11 Å². The molecule has 0 radical (unpaired) electrons. The van der Waals surface area contributed by atoms with Crippen LogP contribution in [0.25, 0.3) is 5.13 Å². The van der Waals surface area contributed by atoms with Crippen molar-refractivity contribution in [2.75, 3.05) is 0 Å². The van der Waals surface area contributed by atoms with Crippen LogP contribution in [0.15, 0.2) is 18.9 Å². The largest absolute Gasteiger partial charge is 0.477 e. The fourth-order valence-electron chi connectivity index (χ4n) is 0.777. The number of aromatic carboxylic acids is 1. The molecule has 0 fully saturated rings. The second kappa shape index (κ2) is 2.94. The van der Waals surface area contributed by atoms with Crippen LogP contribution in [-0.2, 0) is 0 Å². The standard InChI is InChI=1S/C6H4N4O2S/c11-5(12)4-1-8-6(13-4)10-3-7-2-9-10/h1-3H,(H,11,12). The predicted molar refractivity (Wildman–Crippen MR) is 44.0 cm³/mol. The topological polar surface area (TPSA) is 80.9 Å². The van der Waals surface area contributed by atoms with Crippen LogP contribution >= 0.6 is 11.3 Å². The molecule has 0 aliphatic heterocycles. The molecular weight excluding hydrogens is 192 g/mol. The summed E-state index contributed by atoms with van der Waals surface area (Å²) in [6.07, 6.45) is 4.12. The van der Waals surface area contributed by atoms with Crippen molar-refractivity contribution < 1.29 is 9.90 Å². The molecule has 0 aromatic carbocycles. The smallest absolute Gasteiger partial charge is 0.347 e. The summed E-state index contributed by atoms with van der Waals surface area (Å²) in [4.78, 5) is 18.3. The molecule has 0 unspecified atom stereocenters. The Morgan fingerprint density at radius 2 is 2.46 bits per heavy atom. The third kappa shape index (κ3) is 1.41. The minimum absolute atomic E-state index is 0.186. The Morgan fingerprint density at radius 1 is 1.62 bits per heavy atom. The molecule has 7 heteroatoms. The van der Waals surface area contributed by atoms with Gasteiger partial charge in [-0.3, -0.25) is 0 Å². The molecule has 0 aliphatic rings. The molecule has 2 aromatic heterocycles. The first-order valence-electron chi connectivity index (χ1n) is 3.31. The number of thiazole rings is 1. The van der Waals surface area contributed by atoms with Gasteiger partial charge in [0.2, 0.25) is 5.13 Å². The fraction of sp³-hybridized carbons (Fsp3) is 0. The SMILES string of the molecule is O=C(O)c1cnc(-n2cncn2)s1. The van der Waals surface area contributed by atoms with E-state index in [1.165, 1.54) is 23.5 Å². The number of carbonyl (C=O) groups is 1. The quantitative estimate of drug-likeness (QED) is 0.752. The van der Waals surface area contributed by atoms with Crippen molar-refractivity contribution in [3.05, 3.63) is 23.7 Å². The first-order chi connectivity index (χ1) is 6.27. The molecule has 0 atom stereocenters. The van der Waals surface area contributed by atoms with Gasteiger partial charge in [-0.1, -0.05) is 11.3 Å². The second-order valence-corrected chi connectivity index (χ2v) is 3.16. The number of hydrogen-bond donors (Lipinski definition) is 1. The van der Waals surface area contributed by atoms with Crippen LogP contribution in [0, 0.1) is 0 Å². The third-order valence-electron chi connectivity index (χ3n) is 1.32. The maximum atomic E-state index is 10.5. The monoisotopic (exact) mass is 196 g/mol. The Morgan fingerprint density at radius 3 is 3.00 bits per heavy atom. The van der Waals surface area contributed by atoms with Gasteiger partial charge in [0.05, 0.1) is 6.20 Å². The summed E-state index contributed by atoms with van der Waals surface area (Å²) in [6, 6.07) is 0. The average molecular weight is 196 g/mol. The van der Waals surface area contributed by atoms with Gasteiger partial charge in [-0.25, -0.2) is 14.8 Å². The number of rotatable bonds is 2. The highest BCUT2D eigenvalue weighted by atomic mass is 32.1. The van der Waals surface area contributed by atoms with Crippen molar-refractivity contribution in [1.82, 2.24) is 19.7 Å². The lowest BCUT2D eigenvalue weighted by Gasteiger charge is -1.88. The number of carboxylic acids is 1. The molecule has 66 valence electrons. The van der Waals surface area contributed by atoms with E-state index >= 15 is 0 Å². The Balaban J connectivity index is 2.39. The van der Waals surface area contributed by atoms with Crippen molar-refractivity contribution in [2.45, 2.75) is 0 Å². The molecule has 0 saturated carbocycles. The van der Waals surface area contributed by atoms with E-state index in [1.807, 2.05) is 0 Å². The predicted octanol–water partition coefficient (Wildman–Crippen LogP) is 0.422. The molecule has 1 N–H and O–H groups in total. The molecule has 0 bridgehead atoms. The van der Waals surface area contributed by atoms with E-state index in [9.17, 15) is 4.79 Å². The number of aromatic nitrogens is 4. The van der Waals surface area contributed by atoms with Crippen molar-refractivity contribution in [2.24, 2.45) is 0 Å². The summed E-state index contributed by atoms with van der Waals surface area (Å²) in [7, 11) is 0. The highest BCUT2D eigenvalue weighted by molar-refractivity contribution is 7.15. The van der Waals surface area contributed by atoms with Crippen LogP contribution in [0.5, 0.6) is 0 Å². The number of hydrogen-bond acceptors (Lipinski definition) is 5. The summed E-state index contributed by atoms with van der Waals surface area (Å²) in [5.74, 6) is -0.983. The van der Waals surface area contributed by atoms with Gasteiger partial charge in [-0.05, 0) is 0 Å². The van der Waals surface area contributed by atoms with Crippen molar-refractivity contribution in [3.8, 4) is 5.13 Å². The van der Waals surface area contributed by atoms with E-state index in [0.717, 1.165) is 11.3 Å². The first kappa shape index (κ1) is 7.87. The van der Waals surface area contributed by atoms with E-state index < -0.39 is 5.97 Å². The van der Waals surface area contributed by atoms with Crippen LogP contribution in [-0.4, -0.2) is 30.8 Å². The van der Waals surface area contributed by atoms with Crippen LogP contribution in [0.4, 0.5) is 0 Å². The maximum absolute atomic E-state index is 10.5. The number of carboxylic acid groups (broad SMARTS) is 1. The Bertz CT molecular complexity index is 422. The van der Waals surface area contributed by atoms with Crippen LogP contribution in [0.1, 0.15) is 9.67 Å². The molecule has 2 rings (SSSR count). The van der Waals surface area contributed by atoms with Gasteiger partial charge in [-0.15, -0.1) is 0 Å². The van der Waals surface area contributed by atoms with Crippen LogP contribution in [0.2, 0.25) is 0 Å². The third-order valence-corrected chi connectivity index (χ3v) is 2.29. The van der Waals surface area contributed by atoms with Crippen LogP contribution in [0.3, 0.4) is 0 Å². The lowest BCUT2D eigenvalue weighted by molar-refractivity contribution is 0.0702. The zero-order valence-corrected chi connectivity index (χ0v) is 7.10. The lowest BCUT2D eigenvalue weighted by Crippen LogP contribution is -1.91. The molecule has 0 saturated heterocycles. The minimum atomic E-state index is -0.983. The van der Waals surface area contributed by atoms with Gasteiger partial charge in [-0.2, -0.15) is 9.78 Å². The first-order valence-corrected chi connectivity index (χ1v) is 4.13. The average Bonchev–Trinajstić information content (AvgIpc) is 2.75. The van der Waals surface area contributed by atoms with Crippen molar-refractivity contribution in [1.29, 1.82) is 0 Å². The second-order valence-electron chi connectivity index (χ2n) is 2.15. The van der Waals surface area contributed by atoms with Crippen molar-refractivity contribution in [3.63, 3.8) is 0 Å². The normalized spacial score (nSPS) is 10.2. The molecule has 13 heavy (non-hydrogen) atoms. The summed E-state index contributed by atoms with van der Waals surface area (Å²) in [6.45, 7) is 0. The maximum Gasteiger partial charge on any atom is 0.347 e. The molecule has 2 heterocycles. The minimum Gasteiger partial charge on any atom is -0.477 e. The molecular formula is C6H4N4O2S. The van der Waals surface area contributed by atoms with E-state index in [0.29, 0.717) is 5.13 Å². The fourth-order valence-corrected chi connectivity index (χ4v) is 1.46. The summed E-state index contributed by atoms with van der Waals surface area (Å²) in [5, 5.41) is 12.9. The van der Waals surface area contributed by atoms with Crippen LogP contribution < -0.4 is 0 Å². The molecule has 0 spiro atoms. The van der Waals surface area contributed by atoms with E-state index in [1.54, 1.807) is 0 Å². The van der Waals surface area contributed by atoms with Gasteiger partial charge in [0.15, 0.2) is 0 Å². The zero-order chi connectivity index (χ0) is 9.26. The Kier molecular flexibility index (Phi) is 1.78. The Hall–Kier alpha value is -1.76. The molecule has 0 aliphatic carbocycles. The van der Waals surface area contributed by atoms with E-state index in [2.05, 4.69) is 15.1 Å². The summed E-state index contributed by atoms with van der Waals surface area (Å²) in [5.41, 5.74) is 0. The summed E-state index contributed by atoms with van der Waals surface area (Å²) >= 11 is 1.05.